The van der Waals surface area contributed by atoms with Crippen molar-refractivity contribution in [2.24, 2.45) is 0 Å². The largest absolute Gasteiger partial charge is 0.488 e. The molecule has 4 nitrogen and oxygen atoms in total. The van der Waals surface area contributed by atoms with Gasteiger partial charge in [0.1, 0.15) is 17.5 Å². The average molecular weight is 344 g/mol. The number of rotatable bonds is 6. The van der Waals surface area contributed by atoms with E-state index in [9.17, 15) is 0 Å². The average Bonchev–Trinajstić information content (AvgIpc) is 2.62. The minimum Gasteiger partial charge on any atom is -0.488 e. The Morgan fingerprint density at radius 1 is 1.12 bits per heavy atom. The van der Waals surface area contributed by atoms with Crippen molar-refractivity contribution in [3.05, 3.63) is 65.0 Å². The van der Waals surface area contributed by atoms with Crippen LogP contribution < -0.4 is 10.1 Å². The first-order valence-corrected chi connectivity index (χ1v) is 8.60. The molecule has 0 unspecified atom stereocenters. The van der Waals surface area contributed by atoms with Crippen LogP contribution in [0.4, 0.5) is 0 Å². The van der Waals surface area contributed by atoms with Crippen LogP contribution in [0.2, 0.25) is 5.15 Å². The van der Waals surface area contributed by atoms with E-state index in [4.69, 9.17) is 16.3 Å². The highest BCUT2D eigenvalue weighted by molar-refractivity contribution is 6.29. The summed E-state index contributed by atoms with van der Waals surface area (Å²) in [5.41, 5.74) is 2.54. The van der Waals surface area contributed by atoms with Crippen molar-refractivity contribution >= 4 is 17.7 Å². The van der Waals surface area contributed by atoms with Gasteiger partial charge in [-0.3, -0.25) is 4.90 Å². The zero-order valence-corrected chi connectivity index (χ0v) is 14.4. The second kappa shape index (κ2) is 8.83. The lowest BCUT2D eigenvalue weighted by Crippen LogP contribution is -2.42. The Kier molecular flexibility index (Phi) is 6.24. The van der Waals surface area contributed by atoms with Crippen LogP contribution in [0.25, 0.3) is 6.08 Å². The predicted molar refractivity (Wildman–Crippen MR) is 98.4 cm³/mol. The number of aromatic nitrogens is 1. The fourth-order valence-electron chi connectivity index (χ4n) is 2.64. The van der Waals surface area contributed by atoms with Gasteiger partial charge in [0.05, 0.1) is 6.20 Å². The van der Waals surface area contributed by atoms with Gasteiger partial charge in [0.15, 0.2) is 0 Å². The molecule has 1 saturated heterocycles. The number of ether oxygens (including phenoxy) is 1. The summed E-state index contributed by atoms with van der Waals surface area (Å²) in [5, 5.41) is 3.85. The summed E-state index contributed by atoms with van der Waals surface area (Å²) in [5.74, 6) is 0.718. The molecule has 0 bridgehead atoms. The monoisotopic (exact) mass is 343 g/mol. The first-order valence-electron chi connectivity index (χ1n) is 8.22. The van der Waals surface area contributed by atoms with E-state index in [1.54, 1.807) is 12.3 Å². The van der Waals surface area contributed by atoms with Crippen molar-refractivity contribution in [2.75, 3.05) is 32.8 Å². The van der Waals surface area contributed by atoms with Crippen molar-refractivity contribution < 1.29 is 4.74 Å². The fraction of sp³-hybridized carbons (Fsp3) is 0.316. The molecule has 0 saturated carbocycles. The molecule has 0 atom stereocenters. The number of halogens is 1. The van der Waals surface area contributed by atoms with E-state index < -0.39 is 0 Å². The molecule has 1 aliphatic rings. The molecule has 0 aliphatic carbocycles. The van der Waals surface area contributed by atoms with E-state index in [-0.39, 0.29) is 0 Å². The highest BCUT2D eigenvalue weighted by Crippen LogP contribution is 2.13. The van der Waals surface area contributed by atoms with Crippen molar-refractivity contribution in [3.63, 3.8) is 0 Å². The second-order valence-electron chi connectivity index (χ2n) is 5.80. The summed E-state index contributed by atoms with van der Waals surface area (Å²) < 4.78 is 5.59. The zero-order valence-electron chi connectivity index (χ0n) is 13.6. The van der Waals surface area contributed by atoms with Crippen LogP contribution in [0.15, 0.2) is 48.7 Å². The standard InChI is InChI=1S/C19H22ClN3O/c20-19-8-7-18(14-22-19)24-13-1-2-16-3-5-17(6-4-16)15-23-11-9-21-10-12-23/h1-8,14,21H,9-13,15H2/b2-1+. The third-order valence-electron chi connectivity index (χ3n) is 3.95. The number of pyridine rings is 1. The van der Waals surface area contributed by atoms with Gasteiger partial charge in [-0.25, -0.2) is 4.98 Å². The third-order valence-corrected chi connectivity index (χ3v) is 4.18. The Bertz CT molecular complexity index is 649. The highest BCUT2D eigenvalue weighted by atomic mass is 35.5. The Hall–Kier alpha value is -1.88. The number of hydrogen-bond donors (Lipinski definition) is 1. The fourth-order valence-corrected chi connectivity index (χ4v) is 2.75. The second-order valence-corrected chi connectivity index (χ2v) is 6.18. The summed E-state index contributed by atoms with van der Waals surface area (Å²) in [6.45, 7) is 5.95. The summed E-state index contributed by atoms with van der Waals surface area (Å²) in [6.07, 6.45) is 5.69. The summed E-state index contributed by atoms with van der Waals surface area (Å²) in [6, 6.07) is 12.2. The molecule has 1 aliphatic heterocycles. The Labute approximate surface area is 148 Å². The first kappa shape index (κ1) is 17.0. The molecular weight excluding hydrogens is 322 g/mol. The smallest absolute Gasteiger partial charge is 0.138 e. The molecule has 2 aromatic rings. The van der Waals surface area contributed by atoms with Crippen LogP contribution in [0, 0.1) is 0 Å². The quantitative estimate of drug-likeness (QED) is 0.817. The molecule has 2 heterocycles. The van der Waals surface area contributed by atoms with Gasteiger partial charge in [0, 0.05) is 32.7 Å². The summed E-state index contributed by atoms with van der Waals surface area (Å²) in [4.78, 5) is 6.46. The highest BCUT2D eigenvalue weighted by Gasteiger charge is 2.09. The molecule has 24 heavy (non-hydrogen) atoms. The summed E-state index contributed by atoms with van der Waals surface area (Å²) in [7, 11) is 0. The maximum Gasteiger partial charge on any atom is 0.138 e. The molecule has 0 spiro atoms. The van der Waals surface area contributed by atoms with Crippen molar-refractivity contribution in [3.8, 4) is 5.75 Å². The number of nitrogens with zero attached hydrogens (tertiary/aromatic N) is 2. The van der Waals surface area contributed by atoms with E-state index in [1.807, 2.05) is 12.1 Å². The normalized spacial score (nSPS) is 15.7. The summed E-state index contributed by atoms with van der Waals surface area (Å²) >= 11 is 5.74. The van der Waals surface area contributed by atoms with E-state index in [2.05, 4.69) is 45.5 Å². The van der Waals surface area contributed by atoms with Gasteiger partial charge in [0.25, 0.3) is 0 Å². The van der Waals surface area contributed by atoms with E-state index in [0.29, 0.717) is 11.8 Å². The number of hydrogen-bond acceptors (Lipinski definition) is 4. The molecule has 1 aromatic carbocycles. The molecule has 0 amide bonds. The third kappa shape index (κ3) is 5.34. The molecule has 0 radical (unpaired) electrons. The van der Waals surface area contributed by atoms with Gasteiger partial charge in [-0.05, 0) is 29.3 Å². The van der Waals surface area contributed by atoms with Gasteiger partial charge in [0.2, 0.25) is 0 Å². The van der Waals surface area contributed by atoms with Crippen LogP contribution in [0.3, 0.4) is 0 Å². The van der Waals surface area contributed by atoms with Crippen molar-refractivity contribution in [1.82, 2.24) is 15.2 Å². The van der Waals surface area contributed by atoms with Crippen LogP contribution in [-0.2, 0) is 6.54 Å². The van der Waals surface area contributed by atoms with Gasteiger partial charge in [-0.15, -0.1) is 0 Å². The molecule has 1 fully saturated rings. The zero-order chi connectivity index (χ0) is 16.6. The maximum absolute atomic E-state index is 5.74. The molecule has 126 valence electrons. The molecule has 1 aromatic heterocycles. The van der Waals surface area contributed by atoms with Crippen molar-refractivity contribution in [1.29, 1.82) is 0 Å². The number of piperazine rings is 1. The molecule has 3 rings (SSSR count). The van der Waals surface area contributed by atoms with Gasteiger partial charge in [-0.2, -0.15) is 0 Å². The van der Waals surface area contributed by atoms with Crippen LogP contribution in [0.5, 0.6) is 5.75 Å². The van der Waals surface area contributed by atoms with Gasteiger partial charge < -0.3 is 10.1 Å². The lowest BCUT2D eigenvalue weighted by Gasteiger charge is -2.27. The van der Waals surface area contributed by atoms with E-state index in [0.717, 1.165) is 38.5 Å². The lowest BCUT2D eigenvalue weighted by molar-refractivity contribution is 0.233. The predicted octanol–water partition coefficient (Wildman–Crippen LogP) is 3.23. The molecule has 5 heteroatoms. The SMILES string of the molecule is Clc1ccc(OC/C=C/c2ccc(CN3CCNCC3)cc2)cn1. The molecular formula is C19H22ClN3O. The van der Waals surface area contributed by atoms with Crippen LogP contribution in [-0.4, -0.2) is 42.7 Å². The first-order chi connectivity index (χ1) is 11.8. The topological polar surface area (TPSA) is 37.4 Å². The van der Waals surface area contributed by atoms with E-state index in [1.165, 1.54) is 11.1 Å². The number of nitrogens with one attached hydrogen (secondary N) is 1. The Morgan fingerprint density at radius 3 is 2.62 bits per heavy atom. The Morgan fingerprint density at radius 2 is 1.92 bits per heavy atom. The number of benzene rings is 1. The minimum absolute atomic E-state index is 0.471. The maximum atomic E-state index is 5.74. The van der Waals surface area contributed by atoms with Crippen LogP contribution >= 0.6 is 11.6 Å². The molecule has 1 N–H and O–H groups in total. The van der Waals surface area contributed by atoms with Gasteiger partial charge in [-0.1, -0.05) is 41.9 Å². The Balaban J connectivity index is 1.45. The van der Waals surface area contributed by atoms with E-state index >= 15 is 0 Å². The van der Waals surface area contributed by atoms with Crippen molar-refractivity contribution in [2.45, 2.75) is 6.54 Å². The minimum atomic E-state index is 0.471. The van der Waals surface area contributed by atoms with Crippen LogP contribution in [0.1, 0.15) is 11.1 Å². The van der Waals surface area contributed by atoms with Gasteiger partial charge >= 0.3 is 0 Å². The lowest BCUT2D eigenvalue weighted by atomic mass is 10.1.